The molecule has 0 aliphatic carbocycles. The fourth-order valence-electron chi connectivity index (χ4n) is 2.83. The Bertz CT molecular complexity index is 1170. The molecule has 1 aromatic heterocycles. The molecule has 4 aromatic rings. The molecule has 0 aliphatic rings. The van der Waals surface area contributed by atoms with Crippen LogP contribution < -0.4 is 10.1 Å². The number of carbonyl (C=O) groups is 2. The number of carbonyl (C=O) groups excluding carboxylic acids is 2. The van der Waals surface area contributed by atoms with Crippen LogP contribution in [0.1, 0.15) is 26.3 Å². The maximum atomic E-state index is 12.5. The van der Waals surface area contributed by atoms with Crippen LogP contribution in [0.15, 0.2) is 95.8 Å². The molecule has 0 radical (unpaired) electrons. The summed E-state index contributed by atoms with van der Waals surface area (Å²) in [6.07, 6.45) is 2.77. The maximum absolute atomic E-state index is 12.5. The molecule has 0 saturated heterocycles. The van der Waals surface area contributed by atoms with Crippen LogP contribution in [0.5, 0.6) is 11.5 Å². The number of anilines is 1. The second kappa shape index (κ2) is 8.68. The smallest absolute Gasteiger partial charge is 0.259 e. The van der Waals surface area contributed by atoms with Crippen molar-refractivity contribution >= 4 is 29.0 Å². The first-order chi connectivity index (χ1) is 14.6. The highest BCUT2D eigenvalue weighted by molar-refractivity contribution is 6.31. The predicted molar refractivity (Wildman–Crippen MR) is 115 cm³/mol. The fraction of sp³-hybridized carbons (Fsp3) is 0. The number of hydrogen-bond donors (Lipinski definition) is 1. The third-order valence-electron chi connectivity index (χ3n) is 4.35. The molecule has 1 heterocycles. The highest BCUT2D eigenvalue weighted by atomic mass is 35.5. The third-order valence-corrected chi connectivity index (χ3v) is 4.59. The van der Waals surface area contributed by atoms with E-state index in [4.69, 9.17) is 20.8 Å². The number of ether oxygens (including phenoxy) is 1. The standard InChI is InChI=1S/C24H16ClNO4/c25-19-8-11-22(21(14-19)26-24(28)18-12-13-29-15-18)30-20-9-6-17(7-10-20)23(27)16-4-2-1-3-5-16/h1-15H,(H,26,28). The number of amides is 1. The van der Waals surface area contributed by atoms with E-state index in [1.54, 1.807) is 60.7 Å². The quantitative estimate of drug-likeness (QED) is 0.379. The summed E-state index contributed by atoms with van der Waals surface area (Å²) in [4.78, 5) is 24.9. The largest absolute Gasteiger partial charge is 0.472 e. The number of ketones is 1. The lowest BCUT2D eigenvalue weighted by molar-refractivity contribution is 0.102. The molecule has 4 rings (SSSR count). The van der Waals surface area contributed by atoms with Gasteiger partial charge < -0.3 is 14.5 Å². The average molecular weight is 418 g/mol. The summed E-state index contributed by atoms with van der Waals surface area (Å²) in [5.41, 5.74) is 1.97. The van der Waals surface area contributed by atoms with Crippen LogP contribution in [0.2, 0.25) is 5.02 Å². The zero-order chi connectivity index (χ0) is 20.9. The van der Waals surface area contributed by atoms with Crippen molar-refractivity contribution in [2.24, 2.45) is 0 Å². The summed E-state index contributed by atoms with van der Waals surface area (Å²) < 4.78 is 10.9. The van der Waals surface area contributed by atoms with Crippen LogP contribution in [0.4, 0.5) is 5.69 Å². The molecule has 0 unspecified atom stereocenters. The van der Waals surface area contributed by atoms with Crippen molar-refractivity contribution in [3.63, 3.8) is 0 Å². The van der Waals surface area contributed by atoms with E-state index in [1.165, 1.54) is 12.5 Å². The van der Waals surface area contributed by atoms with Gasteiger partial charge in [-0.15, -0.1) is 0 Å². The predicted octanol–water partition coefficient (Wildman–Crippen LogP) is 6.21. The van der Waals surface area contributed by atoms with Gasteiger partial charge in [0.15, 0.2) is 11.5 Å². The van der Waals surface area contributed by atoms with E-state index in [0.717, 1.165) is 0 Å². The first-order valence-corrected chi connectivity index (χ1v) is 9.49. The van der Waals surface area contributed by atoms with Gasteiger partial charge in [-0.05, 0) is 48.5 Å². The lowest BCUT2D eigenvalue weighted by Crippen LogP contribution is -2.11. The van der Waals surface area contributed by atoms with Crippen LogP contribution >= 0.6 is 11.6 Å². The third kappa shape index (κ3) is 4.42. The minimum Gasteiger partial charge on any atom is -0.472 e. The molecule has 1 amide bonds. The molecule has 0 aliphatic heterocycles. The highest BCUT2D eigenvalue weighted by Crippen LogP contribution is 2.32. The monoisotopic (exact) mass is 417 g/mol. The van der Waals surface area contributed by atoms with Crippen LogP contribution in [0.3, 0.4) is 0 Å². The van der Waals surface area contributed by atoms with Crippen molar-refractivity contribution in [2.45, 2.75) is 0 Å². The zero-order valence-corrected chi connectivity index (χ0v) is 16.4. The summed E-state index contributed by atoms with van der Waals surface area (Å²) in [6, 6.07) is 22.3. The number of nitrogens with one attached hydrogen (secondary N) is 1. The van der Waals surface area contributed by atoms with E-state index in [-0.39, 0.29) is 11.7 Å². The van der Waals surface area contributed by atoms with Gasteiger partial charge in [-0.2, -0.15) is 0 Å². The van der Waals surface area contributed by atoms with Crippen LogP contribution in [-0.4, -0.2) is 11.7 Å². The first kappa shape index (κ1) is 19.5. The van der Waals surface area contributed by atoms with Crippen molar-refractivity contribution < 1.29 is 18.7 Å². The second-order valence-electron chi connectivity index (χ2n) is 6.43. The van der Waals surface area contributed by atoms with Crippen LogP contribution in [0, 0.1) is 0 Å². The Hall–Kier alpha value is -3.83. The van der Waals surface area contributed by atoms with Crippen molar-refractivity contribution in [3.8, 4) is 11.5 Å². The number of hydrogen-bond acceptors (Lipinski definition) is 4. The van der Waals surface area contributed by atoms with Gasteiger partial charge in [-0.1, -0.05) is 41.9 Å². The topological polar surface area (TPSA) is 68.5 Å². The van der Waals surface area contributed by atoms with E-state index >= 15 is 0 Å². The van der Waals surface area contributed by atoms with E-state index < -0.39 is 0 Å². The number of furan rings is 1. The van der Waals surface area contributed by atoms with Crippen LogP contribution in [0.25, 0.3) is 0 Å². The summed E-state index contributed by atoms with van der Waals surface area (Å²) in [6.45, 7) is 0. The molecule has 148 valence electrons. The SMILES string of the molecule is O=C(Nc1cc(Cl)ccc1Oc1ccc(C(=O)c2ccccc2)cc1)c1ccoc1. The van der Waals surface area contributed by atoms with Crippen LogP contribution in [-0.2, 0) is 0 Å². The van der Waals surface area contributed by atoms with Gasteiger partial charge in [0, 0.05) is 16.1 Å². The summed E-state index contributed by atoms with van der Waals surface area (Å²) in [5, 5.41) is 3.22. The molecule has 30 heavy (non-hydrogen) atoms. The molecule has 6 heteroatoms. The molecule has 0 spiro atoms. The second-order valence-corrected chi connectivity index (χ2v) is 6.86. The van der Waals surface area contributed by atoms with E-state index in [1.807, 2.05) is 18.2 Å². The minimum atomic E-state index is -0.348. The summed E-state index contributed by atoms with van der Waals surface area (Å²) in [5.74, 6) is 0.514. The van der Waals surface area contributed by atoms with Crippen molar-refractivity contribution in [3.05, 3.63) is 113 Å². The van der Waals surface area contributed by atoms with Gasteiger partial charge in [-0.25, -0.2) is 0 Å². The molecule has 0 atom stereocenters. The molecule has 3 aromatic carbocycles. The van der Waals surface area contributed by atoms with Gasteiger partial charge in [0.1, 0.15) is 12.0 Å². The normalized spacial score (nSPS) is 10.4. The average Bonchev–Trinajstić information content (AvgIpc) is 3.31. The minimum absolute atomic E-state index is 0.0679. The van der Waals surface area contributed by atoms with Gasteiger partial charge in [0.05, 0.1) is 17.5 Å². The molecule has 1 N–H and O–H groups in total. The lowest BCUT2D eigenvalue weighted by atomic mass is 10.0. The number of benzene rings is 3. The Labute approximate surface area is 177 Å². The van der Waals surface area contributed by atoms with E-state index in [2.05, 4.69) is 5.32 Å². The molecule has 0 bridgehead atoms. The maximum Gasteiger partial charge on any atom is 0.259 e. The van der Waals surface area contributed by atoms with Gasteiger partial charge in [0.2, 0.25) is 0 Å². The fourth-order valence-corrected chi connectivity index (χ4v) is 3.01. The number of rotatable bonds is 6. The first-order valence-electron chi connectivity index (χ1n) is 9.11. The summed E-state index contributed by atoms with van der Waals surface area (Å²) in [7, 11) is 0. The van der Waals surface area contributed by atoms with Crippen molar-refractivity contribution in [2.75, 3.05) is 5.32 Å². The molecule has 5 nitrogen and oxygen atoms in total. The summed E-state index contributed by atoms with van der Waals surface area (Å²) >= 11 is 6.08. The Morgan fingerprint density at radius 2 is 1.57 bits per heavy atom. The Kier molecular flexibility index (Phi) is 5.63. The lowest BCUT2D eigenvalue weighted by Gasteiger charge is -2.13. The van der Waals surface area contributed by atoms with Crippen molar-refractivity contribution in [1.82, 2.24) is 0 Å². The Morgan fingerprint density at radius 3 is 2.27 bits per heavy atom. The zero-order valence-electron chi connectivity index (χ0n) is 15.7. The molecule has 0 fully saturated rings. The van der Waals surface area contributed by atoms with Gasteiger partial charge in [-0.3, -0.25) is 9.59 Å². The van der Waals surface area contributed by atoms with E-state index in [9.17, 15) is 9.59 Å². The van der Waals surface area contributed by atoms with E-state index in [0.29, 0.717) is 38.9 Å². The highest BCUT2D eigenvalue weighted by Gasteiger charge is 2.13. The Morgan fingerprint density at radius 1 is 0.833 bits per heavy atom. The molecular weight excluding hydrogens is 402 g/mol. The van der Waals surface area contributed by atoms with Gasteiger partial charge >= 0.3 is 0 Å². The van der Waals surface area contributed by atoms with Crippen molar-refractivity contribution in [1.29, 1.82) is 0 Å². The van der Waals surface area contributed by atoms with Gasteiger partial charge in [0.25, 0.3) is 5.91 Å². The number of halogens is 1. The Balaban J connectivity index is 1.53. The molecule has 0 saturated carbocycles. The molecular formula is C24H16ClNO4.